The molecule has 98 heavy (non-hydrogen) atoms. The molecule has 0 N–H and O–H groups in total. The molecule has 0 saturated heterocycles. The van der Waals surface area contributed by atoms with Crippen LogP contribution in [0.15, 0.2) is 256 Å². The molecule has 474 valence electrons. The highest BCUT2D eigenvalue weighted by Gasteiger charge is 2.52. The van der Waals surface area contributed by atoms with E-state index < -0.39 is 0 Å². The maximum Gasteiger partial charge on any atom is 0.258 e. The topological polar surface area (TPSA) is 51.2 Å². The number of nitrogens with zero attached hydrogens (tertiary/aromatic N) is 7. The van der Waals surface area contributed by atoms with Gasteiger partial charge in [0.1, 0.15) is 34.8 Å². The van der Waals surface area contributed by atoms with Crippen molar-refractivity contribution in [1.82, 2.24) is 9.97 Å². The molecule has 2 aromatic heterocycles. The lowest BCUT2D eigenvalue weighted by molar-refractivity contribution is 0.332. The zero-order valence-electron chi connectivity index (χ0n) is 56.4. The molecular formula is C86H71B2N7OS2. The molecule has 10 aromatic carbocycles. The highest BCUT2D eigenvalue weighted by molar-refractivity contribution is 8.00. The molecule has 0 bridgehead atoms. The van der Waals surface area contributed by atoms with Gasteiger partial charge in [0.2, 0.25) is 0 Å². The second-order valence-electron chi connectivity index (χ2n) is 30.6. The molecule has 12 heteroatoms. The largest absolute Gasteiger partial charge is 0.458 e. The highest BCUT2D eigenvalue weighted by Crippen LogP contribution is 2.58. The fourth-order valence-corrected chi connectivity index (χ4v) is 19.9. The number of anilines is 15. The number of hydrogen-bond acceptors (Lipinski definition) is 10. The minimum absolute atomic E-state index is 0.0272. The molecule has 12 aromatic rings. The van der Waals surface area contributed by atoms with Gasteiger partial charge in [-0.05, 0) is 194 Å². The van der Waals surface area contributed by atoms with Gasteiger partial charge in [-0.25, -0.2) is 9.97 Å². The Hall–Kier alpha value is -9.87. The van der Waals surface area contributed by atoms with E-state index in [1.165, 1.54) is 69.4 Å². The van der Waals surface area contributed by atoms with E-state index in [0.717, 1.165) is 128 Å². The highest BCUT2D eigenvalue weighted by atomic mass is 32.2. The molecule has 2 aliphatic carbocycles. The van der Waals surface area contributed by atoms with Gasteiger partial charge in [0.05, 0.1) is 22.7 Å². The van der Waals surface area contributed by atoms with Crippen molar-refractivity contribution in [3.8, 4) is 11.5 Å². The van der Waals surface area contributed by atoms with Crippen molar-refractivity contribution >= 4 is 156 Å². The Balaban J connectivity index is 0.895. The normalized spacial score (nSPS) is 17.4. The van der Waals surface area contributed by atoms with Gasteiger partial charge in [-0.15, -0.1) is 0 Å². The van der Waals surface area contributed by atoms with Crippen molar-refractivity contribution in [3.05, 3.63) is 259 Å². The van der Waals surface area contributed by atoms with Crippen LogP contribution in [-0.2, 0) is 21.7 Å². The molecule has 8 nitrogen and oxygen atoms in total. The summed E-state index contributed by atoms with van der Waals surface area (Å²) in [5.41, 5.74) is 24.6. The molecule has 0 radical (unpaired) electrons. The van der Waals surface area contributed by atoms with Gasteiger partial charge in [-0.1, -0.05) is 200 Å². The summed E-state index contributed by atoms with van der Waals surface area (Å²) in [7, 11) is 0. The molecule has 0 spiro atoms. The molecule has 0 atom stereocenters. The molecule has 20 rings (SSSR count). The van der Waals surface area contributed by atoms with Crippen molar-refractivity contribution in [2.24, 2.45) is 0 Å². The standard InChI is InChI=1S/C86H71B2N7OS2/c1-83(2)41-42-84(3,4)56-45-54(39-40-55(56)83)93-68-47-58-57(85(5,6)43-44-86(58,7)8)46-60(68)88-61-48-62-71(49-69(61)91(52-25-11-9-12-26-52)70-50-77(89-81(93)79(70)88)94-64-31-17-21-35-73(64)97-74-36-22-18-32-65(74)94)96-72-51-78(95-66-33-19-23-37-75(66)98-76-38-24-20-34-67(76)95)90-82-80(72)87(62)59-29-15-16-30-63(59)92(82)53-27-13-10-14-28-53/h9-40,45-51H,41-44H2,1-8H3. The predicted molar refractivity (Wildman–Crippen MR) is 410 cm³/mol. The fourth-order valence-electron chi connectivity index (χ4n) is 17.7. The van der Waals surface area contributed by atoms with Gasteiger partial charge in [-0.3, -0.25) is 19.6 Å². The van der Waals surface area contributed by atoms with Crippen LogP contribution in [0.2, 0.25) is 0 Å². The second kappa shape index (κ2) is 20.8. The fraction of sp³-hybridized carbons (Fsp3) is 0.186. The van der Waals surface area contributed by atoms with Crippen molar-refractivity contribution in [1.29, 1.82) is 0 Å². The van der Waals surface area contributed by atoms with Crippen LogP contribution in [0.4, 0.5) is 85.8 Å². The summed E-state index contributed by atoms with van der Waals surface area (Å²) in [6, 6.07) is 88.4. The van der Waals surface area contributed by atoms with Crippen LogP contribution in [-0.4, -0.2) is 23.4 Å². The number of benzene rings is 10. The Morgan fingerprint density at radius 2 is 0.735 bits per heavy atom. The first-order valence-electron chi connectivity index (χ1n) is 34.8. The van der Waals surface area contributed by atoms with E-state index in [1.807, 2.05) is 11.8 Å². The Labute approximate surface area is 583 Å². The van der Waals surface area contributed by atoms with Crippen LogP contribution >= 0.6 is 23.5 Å². The zero-order valence-corrected chi connectivity index (χ0v) is 58.0. The minimum atomic E-state index is -0.262. The predicted octanol–water partition coefficient (Wildman–Crippen LogP) is 19.5. The number of hydrogen-bond donors (Lipinski definition) is 0. The average Bonchev–Trinajstić information content (AvgIpc) is 0.691. The van der Waals surface area contributed by atoms with Gasteiger partial charge < -0.3 is 9.64 Å². The Morgan fingerprint density at radius 1 is 0.306 bits per heavy atom. The molecule has 8 heterocycles. The van der Waals surface area contributed by atoms with Gasteiger partial charge in [-0.2, -0.15) is 0 Å². The SMILES string of the molecule is CC1(C)CCC(C)(C)c2cc(N3c4cc5c(cc4B4c6cc7c(cc6N(c6ccccc6)c6cc(N8c9ccccc9Sc9ccccc98)nc3c64)Oc3cc(N4c6ccccc6Sc6ccccc64)nc4c3B7c3ccccc3N4c3ccccc3)C(C)(C)CCC5(C)C)ccc21. The molecule has 0 unspecified atom stereocenters. The molecule has 0 saturated carbocycles. The van der Waals surface area contributed by atoms with Crippen LogP contribution < -0.4 is 62.0 Å². The van der Waals surface area contributed by atoms with E-state index in [2.05, 4.69) is 316 Å². The first-order chi connectivity index (χ1) is 47.6. The summed E-state index contributed by atoms with van der Waals surface area (Å²) in [5.74, 6) is 5.04. The van der Waals surface area contributed by atoms with Crippen LogP contribution in [0, 0.1) is 0 Å². The van der Waals surface area contributed by atoms with Gasteiger partial charge >= 0.3 is 0 Å². The number of aromatic nitrogens is 2. The van der Waals surface area contributed by atoms with E-state index in [4.69, 9.17) is 14.7 Å². The maximum atomic E-state index is 7.86. The molecule has 0 amide bonds. The van der Waals surface area contributed by atoms with Crippen molar-refractivity contribution in [2.45, 2.75) is 122 Å². The number of fused-ring (bicyclic) bond motifs is 14. The summed E-state index contributed by atoms with van der Waals surface area (Å²) in [4.78, 5) is 29.3. The Kier molecular flexibility index (Phi) is 12.4. The Bertz CT molecular complexity index is 5330. The third kappa shape index (κ3) is 8.43. The van der Waals surface area contributed by atoms with Gasteiger partial charge in [0.25, 0.3) is 13.4 Å². The average molecular weight is 1300 g/mol. The van der Waals surface area contributed by atoms with Gasteiger partial charge in [0, 0.05) is 83.1 Å². The van der Waals surface area contributed by atoms with E-state index in [-0.39, 0.29) is 35.1 Å². The van der Waals surface area contributed by atoms with Crippen LogP contribution in [0.3, 0.4) is 0 Å². The lowest BCUT2D eigenvalue weighted by Crippen LogP contribution is -2.65. The van der Waals surface area contributed by atoms with E-state index >= 15 is 0 Å². The van der Waals surface area contributed by atoms with Crippen LogP contribution in [0.25, 0.3) is 0 Å². The van der Waals surface area contributed by atoms with E-state index in [0.29, 0.717) is 0 Å². The molecule has 0 fully saturated rings. The molecule has 6 aliphatic heterocycles. The van der Waals surface area contributed by atoms with Crippen LogP contribution in [0.5, 0.6) is 11.5 Å². The monoisotopic (exact) mass is 1300 g/mol. The Morgan fingerprint density at radius 3 is 1.31 bits per heavy atom. The molecule has 8 aliphatic rings. The third-order valence-corrected chi connectivity index (χ3v) is 25.2. The number of pyridine rings is 2. The number of ether oxygens (including phenoxy) is 1. The summed E-state index contributed by atoms with van der Waals surface area (Å²) >= 11 is 3.64. The third-order valence-electron chi connectivity index (χ3n) is 23.0. The van der Waals surface area contributed by atoms with E-state index in [1.54, 1.807) is 11.8 Å². The summed E-state index contributed by atoms with van der Waals surface area (Å²) in [6.45, 7) is 19.2. The van der Waals surface area contributed by atoms with Crippen molar-refractivity contribution < 1.29 is 4.74 Å². The quantitative estimate of drug-likeness (QED) is 0.156. The first-order valence-corrected chi connectivity index (χ1v) is 36.4. The van der Waals surface area contributed by atoms with Gasteiger partial charge in [0.15, 0.2) is 0 Å². The lowest BCUT2D eigenvalue weighted by atomic mass is 9.30. The van der Waals surface area contributed by atoms with E-state index in [9.17, 15) is 0 Å². The summed E-state index contributed by atoms with van der Waals surface area (Å²) in [5, 5.41) is 0. The number of para-hydroxylation sites is 7. The summed E-state index contributed by atoms with van der Waals surface area (Å²) in [6.07, 6.45) is 4.43. The number of rotatable bonds is 5. The lowest BCUT2D eigenvalue weighted by Gasteiger charge is -2.48. The second-order valence-corrected chi connectivity index (χ2v) is 32.7. The first kappa shape index (κ1) is 58.3. The summed E-state index contributed by atoms with van der Waals surface area (Å²) < 4.78 is 7.86. The van der Waals surface area contributed by atoms with Crippen molar-refractivity contribution in [2.75, 3.05) is 24.5 Å². The van der Waals surface area contributed by atoms with Crippen molar-refractivity contribution in [3.63, 3.8) is 0 Å². The zero-order chi connectivity index (χ0) is 65.9. The maximum absolute atomic E-state index is 7.86. The molecular weight excluding hydrogens is 1230 g/mol. The minimum Gasteiger partial charge on any atom is -0.458 e. The smallest absolute Gasteiger partial charge is 0.258 e. The van der Waals surface area contributed by atoms with Crippen LogP contribution in [0.1, 0.15) is 103 Å².